The predicted molar refractivity (Wildman–Crippen MR) is 78.1 cm³/mol. The van der Waals surface area contributed by atoms with Gasteiger partial charge in [0.1, 0.15) is 0 Å². The van der Waals surface area contributed by atoms with Crippen LogP contribution in [0.1, 0.15) is 32.3 Å². The Morgan fingerprint density at radius 1 is 1.39 bits per heavy atom. The quantitative estimate of drug-likeness (QED) is 0.908. The van der Waals surface area contributed by atoms with E-state index in [1.807, 2.05) is 38.1 Å². The smallest absolute Gasteiger partial charge is 0.242 e. The highest BCUT2D eigenvalue weighted by Gasteiger charge is 2.32. The van der Waals surface area contributed by atoms with Crippen LogP contribution in [0.4, 0.5) is 0 Å². The highest BCUT2D eigenvalue weighted by molar-refractivity contribution is 9.10. The van der Waals surface area contributed by atoms with Gasteiger partial charge in [-0.3, -0.25) is 4.79 Å². The zero-order chi connectivity index (χ0) is 13.8. The molecule has 0 spiro atoms. The van der Waals surface area contributed by atoms with E-state index in [9.17, 15) is 4.79 Å². The number of nitrogens with two attached hydrogens (primary N) is 1. The number of halogens is 1. The number of carbonyl (C=O) groups is 1. The fourth-order valence-electron chi connectivity index (χ4n) is 1.91. The Morgan fingerprint density at radius 2 is 2.00 bits per heavy atom. The molecular weight excluding hydrogens is 292 g/mol. The van der Waals surface area contributed by atoms with E-state index < -0.39 is 5.54 Å². The van der Waals surface area contributed by atoms with Gasteiger partial charge in [-0.15, -0.1) is 0 Å². The molecule has 18 heavy (non-hydrogen) atoms. The van der Waals surface area contributed by atoms with Gasteiger partial charge in [0.2, 0.25) is 5.91 Å². The predicted octanol–water partition coefficient (Wildman–Crippen LogP) is 2.93. The second kappa shape index (κ2) is 6.34. The zero-order valence-electron chi connectivity index (χ0n) is 11.2. The summed E-state index contributed by atoms with van der Waals surface area (Å²) in [7, 11) is 1.80. The van der Waals surface area contributed by atoms with Crippen LogP contribution >= 0.6 is 15.9 Å². The van der Waals surface area contributed by atoms with Crippen molar-refractivity contribution in [1.82, 2.24) is 4.90 Å². The molecule has 1 aromatic rings. The van der Waals surface area contributed by atoms with Crippen LogP contribution in [0, 0.1) is 0 Å². The van der Waals surface area contributed by atoms with Gasteiger partial charge in [-0.1, -0.05) is 41.9 Å². The average Bonchev–Trinajstić information content (AvgIpc) is 2.37. The molecule has 1 amide bonds. The Balaban J connectivity index is 2.77. The Hall–Kier alpha value is -0.870. The Labute approximate surface area is 117 Å². The largest absolute Gasteiger partial charge is 0.340 e. The molecule has 0 aliphatic heterocycles. The molecule has 0 aliphatic rings. The molecule has 1 rings (SSSR count). The summed E-state index contributed by atoms with van der Waals surface area (Å²) in [6.07, 6.45) is 1.32. The van der Waals surface area contributed by atoms with E-state index in [4.69, 9.17) is 5.73 Å². The molecule has 1 aromatic carbocycles. The second-order valence-corrected chi connectivity index (χ2v) is 5.57. The standard InChI is InChI=1S/C14H21BrN2O/c1-4-14(16,5-2)13(18)17(3)10-11-7-6-8-12(15)9-11/h6-9H,4-5,10,16H2,1-3H3. The van der Waals surface area contributed by atoms with Crippen LogP contribution in [0.2, 0.25) is 0 Å². The highest BCUT2D eigenvalue weighted by Crippen LogP contribution is 2.17. The summed E-state index contributed by atoms with van der Waals surface area (Å²) in [5.74, 6) is 0.00692. The van der Waals surface area contributed by atoms with Crippen molar-refractivity contribution in [1.29, 1.82) is 0 Å². The van der Waals surface area contributed by atoms with Crippen molar-refractivity contribution in [2.45, 2.75) is 38.8 Å². The number of rotatable bonds is 5. The van der Waals surface area contributed by atoms with E-state index in [0.29, 0.717) is 19.4 Å². The fourth-order valence-corrected chi connectivity index (χ4v) is 2.36. The van der Waals surface area contributed by atoms with Crippen molar-refractivity contribution in [2.75, 3.05) is 7.05 Å². The lowest BCUT2D eigenvalue weighted by molar-refractivity contribution is -0.136. The van der Waals surface area contributed by atoms with E-state index >= 15 is 0 Å². The molecule has 0 fully saturated rings. The summed E-state index contributed by atoms with van der Waals surface area (Å²) in [4.78, 5) is 14.0. The fraction of sp³-hybridized carbons (Fsp3) is 0.500. The van der Waals surface area contributed by atoms with Crippen LogP contribution < -0.4 is 5.73 Å². The van der Waals surface area contributed by atoms with Gasteiger partial charge >= 0.3 is 0 Å². The number of nitrogens with zero attached hydrogens (tertiary/aromatic N) is 1. The lowest BCUT2D eigenvalue weighted by atomic mass is 9.92. The normalized spacial score (nSPS) is 11.4. The average molecular weight is 313 g/mol. The first kappa shape index (κ1) is 15.2. The van der Waals surface area contributed by atoms with Gasteiger partial charge in [0.15, 0.2) is 0 Å². The molecule has 0 aliphatic carbocycles. The molecule has 4 heteroatoms. The summed E-state index contributed by atoms with van der Waals surface area (Å²) in [5, 5.41) is 0. The van der Waals surface area contributed by atoms with E-state index in [2.05, 4.69) is 15.9 Å². The van der Waals surface area contributed by atoms with Gasteiger partial charge < -0.3 is 10.6 Å². The van der Waals surface area contributed by atoms with Crippen molar-refractivity contribution in [3.05, 3.63) is 34.3 Å². The van der Waals surface area contributed by atoms with Crippen molar-refractivity contribution in [2.24, 2.45) is 5.73 Å². The van der Waals surface area contributed by atoms with Gasteiger partial charge in [-0.2, -0.15) is 0 Å². The monoisotopic (exact) mass is 312 g/mol. The summed E-state index contributed by atoms with van der Waals surface area (Å²) in [6, 6.07) is 7.95. The first-order chi connectivity index (χ1) is 8.42. The number of carbonyl (C=O) groups excluding carboxylic acids is 1. The molecule has 0 aromatic heterocycles. The number of amides is 1. The second-order valence-electron chi connectivity index (χ2n) is 4.65. The molecule has 3 nitrogen and oxygen atoms in total. The molecule has 100 valence electrons. The van der Waals surface area contributed by atoms with Gasteiger partial charge in [0.25, 0.3) is 0 Å². The van der Waals surface area contributed by atoms with Crippen molar-refractivity contribution in [3.8, 4) is 0 Å². The van der Waals surface area contributed by atoms with Crippen LogP contribution in [0.3, 0.4) is 0 Å². The summed E-state index contributed by atoms with van der Waals surface area (Å²) >= 11 is 3.43. The Bertz CT molecular complexity index is 416. The maximum Gasteiger partial charge on any atom is 0.242 e. The molecule has 0 radical (unpaired) electrons. The van der Waals surface area contributed by atoms with Crippen LogP contribution in [0.25, 0.3) is 0 Å². The first-order valence-electron chi connectivity index (χ1n) is 6.22. The summed E-state index contributed by atoms with van der Waals surface area (Å²) in [6.45, 7) is 4.49. The van der Waals surface area contributed by atoms with Gasteiger partial charge in [-0.05, 0) is 30.5 Å². The molecule has 2 N–H and O–H groups in total. The minimum Gasteiger partial charge on any atom is -0.340 e. The lowest BCUT2D eigenvalue weighted by Crippen LogP contribution is -2.53. The molecule has 0 unspecified atom stereocenters. The minimum atomic E-state index is -0.735. The SMILES string of the molecule is CCC(N)(CC)C(=O)N(C)Cc1cccc(Br)c1. The highest BCUT2D eigenvalue weighted by atomic mass is 79.9. The molecular formula is C14H21BrN2O. The van der Waals surface area contributed by atoms with Crippen LogP contribution in [0.5, 0.6) is 0 Å². The van der Waals surface area contributed by atoms with Crippen LogP contribution in [0.15, 0.2) is 28.7 Å². The number of benzene rings is 1. The van der Waals surface area contributed by atoms with E-state index in [1.165, 1.54) is 0 Å². The Kier molecular flexibility index (Phi) is 5.35. The molecule has 0 atom stereocenters. The molecule has 0 saturated heterocycles. The Morgan fingerprint density at radius 3 is 2.50 bits per heavy atom. The van der Waals surface area contributed by atoms with Gasteiger partial charge in [0, 0.05) is 18.1 Å². The lowest BCUT2D eigenvalue weighted by Gasteiger charge is -2.30. The van der Waals surface area contributed by atoms with Crippen LogP contribution in [-0.4, -0.2) is 23.4 Å². The van der Waals surface area contributed by atoms with Gasteiger partial charge in [0.05, 0.1) is 5.54 Å². The third kappa shape index (κ3) is 3.56. The molecule has 0 saturated carbocycles. The van der Waals surface area contributed by atoms with Gasteiger partial charge in [-0.25, -0.2) is 0 Å². The zero-order valence-corrected chi connectivity index (χ0v) is 12.8. The summed E-state index contributed by atoms with van der Waals surface area (Å²) in [5.41, 5.74) is 6.48. The third-order valence-electron chi connectivity index (χ3n) is 3.34. The topological polar surface area (TPSA) is 46.3 Å². The number of hydrogen-bond donors (Lipinski definition) is 1. The van der Waals surface area contributed by atoms with Crippen molar-refractivity contribution in [3.63, 3.8) is 0 Å². The van der Waals surface area contributed by atoms with E-state index in [-0.39, 0.29) is 5.91 Å². The maximum absolute atomic E-state index is 12.3. The van der Waals surface area contributed by atoms with Crippen molar-refractivity contribution >= 4 is 21.8 Å². The minimum absolute atomic E-state index is 0.00692. The number of hydrogen-bond acceptors (Lipinski definition) is 2. The number of likely N-dealkylation sites (N-methyl/N-ethyl adjacent to an activating group) is 1. The van der Waals surface area contributed by atoms with Crippen LogP contribution in [-0.2, 0) is 11.3 Å². The maximum atomic E-state index is 12.3. The summed E-state index contributed by atoms with van der Waals surface area (Å²) < 4.78 is 1.02. The first-order valence-corrected chi connectivity index (χ1v) is 7.01. The van der Waals surface area contributed by atoms with E-state index in [1.54, 1.807) is 11.9 Å². The molecule has 0 bridgehead atoms. The molecule has 0 heterocycles. The third-order valence-corrected chi connectivity index (χ3v) is 3.84. The van der Waals surface area contributed by atoms with E-state index in [0.717, 1.165) is 10.0 Å². The van der Waals surface area contributed by atoms with Crippen molar-refractivity contribution < 1.29 is 4.79 Å².